The smallest absolute Gasteiger partial charge is 0.128 e. The molecule has 2 aromatic carbocycles. The number of fused-ring (bicyclic) bond motifs is 1. The van der Waals surface area contributed by atoms with E-state index in [1.165, 1.54) is 12.1 Å². The predicted molar refractivity (Wildman–Crippen MR) is 78.4 cm³/mol. The van der Waals surface area contributed by atoms with Crippen LogP contribution in [0.4, 0.5) is 10.1 Å². The molecule has 102 valence electrons. The molecule has 0 aliphatic heterocycles. The van der Waals surface area contributed by atoms with Gasteiger partial charge in [0, 0.05) is 23.8 Å². The van der Waals surface area contributed by atoms with Gasteiger partial charge in [-0.2, -0.15) is 0 Å². The van der Waals surface area contributed by atoms with Crippen molar-refractivity contribution in [2.24, 2.45) is 0 Å². The minimum atomic E-state index is -0.315. The lowest BCUT2D eigenvalue weighted by Gasteiger charge is -2.09. The second kappa shape index (κ2) is 4.89. The molecule has 20 heavy (non-hydrogen) atoms. The summed E-state index contributed by atoms with van der Waals surface area (Å²) >= 11 is 0. The fourth-order valence-corrected chi connectivity index (χ4v) is 2.40. The minimum Gasteiger partial charge on any atom is -0.496 e. The zero-order chi connectivity index (χ0) is 14.1. The van der Waals surface area contributed by atoms with Gasteiger partial charge < -0.3 is 15.0 Å². The van der Waals surface area contributed by atoms with Gasteiger partial charge in [-0.1, -0.05) is 12.1 Å². The number of ether oxygens (including phenoxy) is 1. The Kier molecular flexibility index (Phi) is 3.06. The summed E-state index contributed by atoms with van der Waals surface area (Å²) < 4.78 is 20.5. The lowest BCUT2D eigenvalue weighted by atomic mass is 10.1. The van der Waals surface area contributed by atoms with Gasteiger partial charge in [0.15, 0.2) is 0 Å². The van der Waals surface area contributed by atoms with Crippen LogP contribution in [0.2, 0.25) is 0 Å². The molecule has 0 bridgehead atoms. The molecule has 0 aliphatic rings. The monoisotopic (exact) mass is 270 g/mol. The number of anilines is 1. The van der Waals surface area contributed by atoms with Gasteiger partial charge in [0.25, 0.3) is 0 Å². The molecule has 3 aromatic rings. The number of rotatable bonds is 3. The van der Waals surface area contributed by atoms with E-state index in [4.69, 9.17) is 10.5 Å². The molecule has 3 rings (SSSR count). The second-order valence-corrected chi connectivity index (χ2v) is 4.68. The number of hydrogen-bond donors (Lipinski definition) is 1. The molecule has 0 atom stereocenters. The maximum absolute atomic E-state index is 13.1. The lowest BCUT2D eigenvalue weighted by molar-refractivity contribution is 0.420. The standard InChI is InChI=1S/C16H15FN2O/c1-20-16-4-2-3-15-13(16)7-8-19(15)10-11-5-6-12(17)9-14(11)18/h2-9H,10,18H2,1H3. The Bertz CT molecular complexity index is 764. The van der Waals surface area contributed by atoms with E-state index >= 15 is 0 Å². The molecule has 0 radical (unpaired) electrons. The lowest BCUT2D eigenvalue weighted by Crippen LogP contribution is -2.02. The van der Waals surface area contributed by atoms with Crippen LogP contribution in [-0.4, -0.2) is 11.7 Å². The van der Waals surface area contributed by atoms with Crippen LogP contribution in [0, 0.1) is 5.82 Å². The number of nitrogens with zero attached hydrogens (tertiary/aromatic N) is 1. The van der Waals surface area contributed by atoms with E-state index in [-0.39, 0.29) is 5.82 Å². The van der Waals surface area contributed by atoms with Gasteiger partial charge in [0.1, 0.15) is 11.6 Å². The first kappa shape index (κ1) is 12.5. The molecule has 0 saturated heterocycles. The van der Waals surface area contributed by atoms with E-state index < -0.39 is 0 Å². The summed E-state index contributed by atoms with van der Waals surface area (Å²) in [4.78, 5) is 0. The van der Waals surface area contributed by atoms with Crippen molar-refractivity contribution in [1.29, 1.82) is 0 Å². The number of benzene rings is 2. The number of halogens is 1. The Balaban J connectivity index is 2.03. The molecular formula is C16H15FN2O. The number of nitrogens with two attached hydrogens (primary N) is 1. The van der Waals surface area contributed by atoms with Gasteiger partial charge in [-0.3, -0.25) is 0 Å². The second-order valence-electron chi connectivity index (χ2n) is 4.68. The van der Waals surface area contributed by atoms with Crippen LogP contribution in [-0.2, 0) is 6.54 Å². The maximum Gasteiger partial charge on any atom is 0.128 e. The summed E-state index contributed by atoms with van der Waals surface area (Å²) in [5.74, 6) is 0.526. The van der Waals surface area contributed by atoms with Crippen molar-refractivity contribution in [2.45, 2.75) is 6.54 Å². The van der Waals surface area contributed by atoms with Crippen LogP contribution in [0.15, 0.2) is 48.7 Å². The maximum atomic E-state index is 13.1. The number of methoxy groups -OCH3 is 1. The minimum absolute atomic E-state index is 0.315. The molecule has 0 unspecified atom stereocenters. The van der Waals surface area contributed by atoms with Crippen molar-refractivity contribution in [1.82, 2.24) is 4.57 Å². The Morgan fingerprint density at radius 2 is 2.05 bits per heavy atom. The first-order valence-electron chi connectivity index (χ1n) is 6.35. The van der Waals surface area contributed by atoms with E-state index in [1.54, 1.807) is 13.2 Å². The van der Waals surface area contributed by atoms with Crippen LogP contribution in [0.5, 0.6) is 5.75 Å². The number of nitrogen functional groups attached to an aromatic ring is 1. The third-order valence-electron chi connectivity index (χ3n) is 3.44. The topological polar surface area (TPSA) is 40.2 Å². The van der Waals surface area contributed by atoms with Crippen molar-refractivity contribution < 1.29 is 9.13 Å². The van der Waals surface area contributed by atoms with Gasteiger partial charge in [0.2, 0.25) is 0 Å². The molecule has 0 aliphatic carbocycles. The van der Waals surface area contributed by atoms with Crippen LogP contribution >= 0.6 is 0 Å². The molecule has 1 aromatic heterocycles. The Morgan fingerprint density at radius 3 is 2.80 bits per heavy atom. The molecule has 3 nitrogen and oxygen atoms in total. The summed E-state index contributed by atoms with van der Waals surface area (Å²) in [6.07, 6.45) is 1.98. The zero-order valence-corrected chi connectivity index (χ0v) is 11.1. The summed E-state index contributed by atoms with van der Waals surface area (Å²) in [6, 6.07) is 12.4. The largest absolute Gasteiger partial charge is 0.496 e. The van der Waals surface area contributed by atoms with E-state index in [2.05, 4.69) is 4.57 Å². The number of hydrogen-bond acceptors (Lipinski definition) is 2. The highest BCUT2D eigenvalue weighted by Gasteiger charge is 2.08. The SMILES string of the molecule is COc1cccc2c1ccn2Cc1ccc(F)cc1N. The van der Waals surface area contributed by atoms with Crippen LogP contribution in [0.25, 0.3) is 10.9 Å². The Labute approximate surface area is 116 Å². The molecule has 1 heterocycles. The molecule has 2 N–H and O–H groups in total. The van der Waals surface area contributed by atoms with Gasteiger partial charge in [-0.15, -0.1) is 0 Å². The van der Waals surface area contributed by atoms with Crippen molar-refractivity contribution >= 4 is 16.6 Å². The number of aromatic nitrogens is 1. The third kappa shape index (κ3) is 2.09. The van der Waals surface area contributed by atoms with Gasteiger partial charge in [-0.25, -0.2) is 4.39 Å². The summed E-state index contributed by atoms with van der Waals surface area (Å²) in [5.41, 5.74) is 8.29. The van der Waals surface area contributed by atoms with Gasteiger partial charge >= 0.3 is 0 Å². The molecule has 0 fully saturated rings. The van der Waals surface area contributed by atoms with E-state index in [9.17, 15) is 4.39 Å². The van der Waals surface area contributed by atoms with E-state index in [0.717, 1.165) is 22.2 Å². The third-order valence-corrected chi connectivity index (χ3v) is 3.44. The molecule has 0 amide bonds. The molecule has 0 spiro atoms. The molecule has 0 saturated carbocycles. The predicted octanol–water partition coefficient (Wildman–Crippen LogP) is 3.42. The Hall–Kier alpha value is -2.49. The highest BCUT2D eigenvalue weighted by atomic mass is 19.1. The van der Waals surface area contributed by atoms with Crippen LogP contribution < -0.4 is 10.5 Å². The average molecular weight is 270 g/mol. The van der Waals surface area contributed by atoms with Crippen LogP contribution in [0.1, 0.15) is 5.56 Å². The summed E-state index contributed by atoms with van der Waals surface area (Å²) in [6.45, 7) is 0.600. The van der Waals surface area contributed by atoms with Crippen molar-refractivity contribution in [3.05, 3.63) is 60.0 Å². The van der Waals surface area contributed by atoms with Crippen molar-refractivity contribution in [3.63, 3.8) is 0 Å². The normalized spacial score (nSPS) is 10.9. The highest BCUT2D eigenvalue weighted by Crippen LogP contribution is 2.27. The van der Waals surface area contributed by atoms with Crippen LogP contribution in [0.3, 0.4) is 0 Å². The summed E-state index contributed by atoms with van der Waals surface area (Å²) in [5, 5.41) is 1.05. The first-order chi connectivity index (χ1) is 9.69. The Morgan fingerprint density at radius 1 is 1.20 bits per heavy atom. The molecule has 4 heteroatoms. The van der Waals surface area contributed by atoms with Gasteiger partial charge in [0.05, 0.1) is 12.6 Å². The van der Waals surface area contributed by atoms with E-state index in [0.29, 0.717) is 12.2 Å². The van der Waals surface area contributed by atoms with Gasteiger partial charge in [-0.05, 0) is 35.9 Å². The molecular weight excluding hydrogens is 255 g/mol. The quantitative estimate of drug-likeness (QED) is 0.741. The first-order valence-corrected chi connectivity index (χ1v) is 6.35. The fraction of sp³-hybridized carbons (Fsp3) is 0.125. The summed E-state index contributed by atoms with van der Waals surface area (Å²) in [7, 11) is 1.66. The average Bonchev–Trinajstić information content (AvgIpc) is 2.85. The fourth-order valence-electron chi connectivity index (χ4n) is 2.40. The zero-order valence-electron chi connectivity index (χ0n) is 11.1. The van der Waals surface area contributed by atoms with Crippen molar-refractivity contribution in [3.8, 4) is 5.75 Å². The van der Waals surface area contributed by atoms with E-state index in [1.807, 2.05) is 30.5 Å². The van der Waals surface area contributed by atoms with Crippen molar-refractivity contribution in [2.75, 3.05) is 12.8 Å². The highest BCUT2D eigenvalue weighted by molar-refractivity contribution is 5.86.